The normalized spacial score (nSPS) is 20.2. The molecule has 0 bridgehead atoms. The van der Waals surface area contributed by atoms with Gasteiger partial charge in [0, 0.05) is 27.0 Å². The number of hydrogen-bond donors (Lipinski definition) is 4. The predicted octanol–water partition coefficient (Wildman–Crippen LogP) is 3.00. The Labute approximate surface area is 139 Å². The molecule has 5 N–H and O–H groups in total. The van der Waals surface area contributed by atoms with Crippen molar-refractivity contribution in [3.8, 4) is 0 Å². The summed E-state index contributed by atoms with van der Waals surface area (Å²) in [5.74, 6) is -0.269. The zero-order valence-electron chi connectivity index (χ0n) is 11.7. The molecule has 2 heterocycles. The first-order chi connectivity index (χ1) is 11.1. The lowest BCUT2D eigenvalue weighted by Gasteiger charge is -2.06. The van der Waals surface area contributed by atoms with E-state index < -0.39 is 0 Å². The minimum Gasteiger partial charge on any atom is -0.410 e. The van der Waals surface area contributed by atoms with Crippen LogP contribution in [0.1, 0.15) is 11.1 Å². The van der Waals surface area contributed by atoms with Gasteiger partial charge in [0.25, 0.3) is 5.91 Å². The van der Waals surface area contributed by atoms with E-state index in [0.717, 1.165) is 11.3 Å². The fourth-order valence-electron chi connectivity index (χ4n) is 2.87. The van der Waals surface area contributed by atoms with Crippen LogP contribution in [-0.4, -0.2) is 16.8 Å². The van der Waals surface area contributed by atoms with Gasteiger partial charge in [0.2, 0.25) is 0 Å². The second-order valence-corrected chi connectivity index (χ2v) is 6.10. The highest BCUT2D eigenvalue weighted by molar-refractivity contribution is 9.10. The standard InChI is InChI=1S/C16H11BrN4O2/c17-9-6-12-8(5-10(9)18)13(16(22)20-12)15-14(21-23)7-3-1-2-4-11(7)19-15/h1-6,19,23H,18H2,(H,20,22)/b15-13-,21-14-. The van der Waals surface area contributed by atoms with Gasteiger partial charge in [-0.2, -0.15) is 0 Å². The number of nitrogens with zero attached hydrogens (tertiary/aromatic N) is 1. The van der Waals surface area contributed by atoms with E-state index >= 15 is 0 Å². The van der Waals surface area contributed by atoms with Crippen molar-refractivity contribution in [2.45, 2.75) is 0 Å². The van der Waals surface area contributed by atoms with Gasteiger partial charge < -0.3 is 21.6 Å². The Morgan fingerprint density at radius 1 is 1.09 bits per heavy atom. The second kappa shape index (κ2) is 4.85. The van der Waals surface area contributed by atoms with Gasteiger partial charge in [-0.25, -0.2) is 0 Å². The van der Waals surface area contributed by atoms with Gasteiger partial charge in [-0.15, -0.1) is 0 Å². The smallest absolute Gasteiger partial charge is 0.258 e. The van der Waals surface area contributed by atoms with Gasteiger partial charge >= 0.3 is 0 Å². The molecule has 2 aromatic carbocycles. The molecule has 0 spiro atoms. The Bertz CT molecular complexity index is 934. The Hall–Kier alpha value is -2.80. The number of anilines is 3. The van der Waals surface area contributed by atoms with Gasteiger partial charge in [-0.3, -0.25) is 4.79 Å². The number of amides is 1. The molecule has 0 saturated heterocycles. The average Bonchev–Trinajstić information content (AvgIpc) is 3.04. The van der Waals surface area contributed by atoms with Crippen LogP contribution in [0.25, 0.3) is 5.57 Å². The zero-order chi connectivity index (χ0) is 16.1. The predicted molar refractivity (Wildman–Crippen MR) is 92.5 cm³/mol. The first-order valence-electron chi connectivity index (χ1n) is 6.84. The SMILES string of the molecule is Nc1cc2c(cc1Br)NC(=O)/C2=C1\Nc2ccccc2\C1=N\O. The van der Waals surface area contributed by atoms with Gasteiger partial charge in [0.15, 0.2) is 0 Å². The van der Waals surface area contributed by atoms with Crippen LogP contribution < -0.4 is 16.4 Å². The van der Waals surface area contributed by atoms with Gasteiger partial charge in [0.1, 0.15) is 5.71 Å². The number of nitrogens with two attached hydrogens (primary N) is 1. The number of oxime groups is 1. The van der Waals surface area contributed by atoms with Crippen LogP contribution in [0.15, 0.2) is 51.7 Å². The summed E-state index contributed by atoms with van der Waals surface area (Å²) in [7, 11) is 0. The number of carbonyl (C=O) groups excluding carboxylic acids is 1. The van der Waals surface area contributed by atoms with Crippen LogP contribution in [0.2, 0.25) is 0 Å². The van der Waals surface area contributed by atoms with E-state index in [1.807, 2.05) is 24.3 Å². The molecule has 0 atom stereocenters. The van der Waals surface area contributed by atoms with E-state index in [1.54, 1.807) is 12.1 Å². The van der Waals surface area contributed by atoms with E-state index in [0.29, 0.717) is 38.4 Å². The minimum atomic E-state index is -0.269. The summed E-state index contributed by atoms with van der Waals surface area (Å²) in [5.41, 5.74) is 10.5. The Morgan fingerprint density at radius 3 is 2.65 bits per heavy atom. The molecule has 2 aliphatic heterocycles. The van der Waals surface area contributed by atoms with Crippen LogP contribution in [0.5, 0.6) is 0 Å². The highest BCUT2D eigenvalue weighted by Gasteiger charge is 2.34. The highest BCUT2D eigenvalue weighted by Crippen LogP contribution is 2.41. The number of nitrogens with one attached hydrogen (secondary N) is 2. The first-order valence-corrected chi connectivity index (χ1v) is 7.63. The van der Waals surface area contributed by atoms with Crippen LogP contribution in [0.3, 0.4) is 0 Å². The van der Waals surface area contributed by atoms with E-state index in [9.17, 15) is 10.0 Å². The number of allylic oxidation sites excluding steroid dienone is 1. The highest BCUT2D eigenvalue weighted by atomic mass is 79.9. The fraction of sp³-hybridized carbons (Fsp3) is 0. The monoisotopic (exact) mass is 370 g/mol. The lowest BCUT2D eigenvalue weighted by Crippen LogP contribution is -2.12. The lowest BCUT2D eigenvalue weighted by atomic mass is 10.0. The third-order valence-electron chi connectivity index (χ3n) is 3.91. The van der Waals surface area contributed by atoms with Crippen molar-refractivity contribution in [1.82, 2.24) is 0 Å². The number of nitrogen functional groups attached to an aromatic ring is 1. The summed E-state index contributed by atoms with van der Waals surface area (Å²) in [5, 5.41) is 18.8. The molecule has 0 aliphatic carbocycles. The van der Waals surface area contributed by atoms with Crippen LogP contribution in [0.4, 0.5) is 17.1 Å². The molecule has 0 unspecified atom stereocenters. The molecule has 4 rings (SSSR count). The topological polar surface area (TPSA) is 99.7 Å². The van der Waals surface area contributed by atoms with Crippen molar-refractivity contribution in [2.24, 2.45) is 5.16 Å². The molecular weight excluding hydrogens is 360 g/mol. The van der Waals surface area contributed by atoms with E-state index in [2.05, 4.69) is 31.7 Å². The maximum atomic E-state index is 12.5. The molecule has 0 aromatic heterocycles. The summed E-state index contributed by atoms with van der Waals surface area (Å²) >= 11 is 3.35. The summed E-state index contributed by atoms with van der Waals surface area (Å²) in [4.78, 5) is 12.5. The van der Waals surface area contributed by atoms with Crippen molar-refractivity contribution in [1.29, 1.82) is 0 Å². The fourth-order valence-corrected chi connectivity index (χ4v) is 3.21. The molecule has 7 heteroatoms. The van der Waals surface area contributed by atoms with Gasteiger partial charge in [-0.05, 0) is 34.1 Å². The minimum absolute atomic E-state index is 0.269. The van der Waals surface area contributed by atoms with E-state index in [1.165, 1.54) is 0 Å². The number of para-hydroxylation sites is 1. The number of benzene rings is 2. The summed E-state index contributed by atoms with van der Waals surface area (Å²) in [6, 6.07) is 10.9. The van der Waals surface area contributed by atoms with Crippen molar-refractivity contribution >= 4 is 50.2 Å². The molecule has 6 nitrogen and oxygen atoms in total. The van der Waals surface area contributed by atoms with Crippen LogP contribution >= 0.6 is 15.9 Å². The number of carbonyl (C=O) groups is 1. The maximum Gasteiger partial charge on any atom is 0.258 e. The van der Waals surface area contributed by atoms with Gasteiger partial charge in [0.05, 0.1) is 17.0 Å². The Balaban J connectivity index is 1.97. The van der Waals surface area contributed by atoms with Crippen molar-refractivity contribution in [2.75, 3.05) is 16.4 Å². The van der Waals surface area contributed by atoms with E-state index in [4.69, 9.17) is 5.73 Å². The van der Waals surface area contributed by atoms with E-state index in [-0.39, 0.29) is 5.91 Å². The summed E-state index contributed by atoms with van der Waals surface area (Å²) in [6.07, 6.45) is 0. The molecule has 23 heavy (non-hydrogen) atoms. The third-order valence-corrected chi connectivity index (χ3v) is 4.60. The van der Waals surface area contributed by atoms with Gasteiger partial charge in [-0.1, -0.05) is 23.4 Å². The number of halogens is 1. The quantitative estimate of drug-likeness (QED) is 0.248. The molecule has 0 radical (unpaired) electrons. The molecular formula is C16H11BrN4O2. The molecule has 2 aliphatic rings. The zero-order valence-corrected chi connectivity index (χ0v) is 13.3. The third kappa shape index (κ3) is 1.93. The maximum absolute atomic E-state index is 12.5. The number of rotatable bonds is 0. The van der Waals surface area contributed by atoms with Crippen LogP contribution in [0, 0.1) is 0 Å². The Kier molecular flexibility index (Phi) is 2.92. The second-order valence-electron chi connectivity index (χ2n) is 5.24. The molecule has 2 aromatic rings. The summed E-state index contributed by atoms with van der Waals surface area (Å²) in [6.45, 7) is 0. The van der Waals surface area contributed by atoms with Crippen molar-refractivity contribution in [3.63, 3.8) is 0 Å². The number of fused-ring (bicyclic) bond motifs is 2. The number of hydrogen-bond acceptors (Lipinski definition) is 5. The molecule has 0 fully saturated rings. The van der Waals surface area contributed by atoms with Crippen molar-refractivity contribution in [3.05, 3.63) is 57.7 Å². The molecule has 114 valence electrons. The summed E-state index contributed by atoms with van der Waals surface area (Å²) < 4.78 is 0.710. The lowest BCUT2D eigenvalue weighted by molar-refractivity contribution is -0.110. The molecule has 1 amide bonds. The largest absolute Gasteiger partial charge is 0.410 e. The molecule has 0 saturated carbocycles. The van der Waals surface area contributed by atoms with Crippen LogP contribution in [-0.2, 0) is 4.79 Å². The first kappa shape index (κ1) is 13.8. The average molecular weight is 371 g/mol. The Morgan fingerprint density at radius 2 is 1.87 bits per heavy atom. The van der Waals surface area contributed by atoms with Crippen molar-refractivity contribution < 1.29 is 10.0 Å².